The summed E-state index contributed by atoms with van der Waals surface area (Å²) in [5.41, 5.74) is 0.546. The van der Waals surface area contributed by atoms with Crippen LogP contribution in [0.15, 0.2) is 72.8 Å². The number of benzene rings is 3. The van der Waals surface area contributed by atoms with Gasteiger partial charge in [0.25, 0.3) is 23.2 Å². The summed E-state index contributed by atoms with van der Waals surface area (Å²) in [6.45, 7) is 4.74. The Morgan fingerprint density at radius 2 is 1.19 bits per heavy atom. The van der Waals surface area contributed by atoms with Crippen LogP contribution >= 0.6 is 0 Å². The number of amides is 2. The van der Waals surface area contributed by atoms with E-state index in [4.69, 9.17) is 4.74 Å². The summed E-state index contributed by atoms with van der Waals surface area (Å²) in [6, 6.07) is 16.9. The van der Waals surface area contributed by atoms with Crippen molar-refractivity contribution in [1.82, 2.24) is 10.6 Å². The van der Waals surface area contributed by atoms with E-state index in [0.29, 0.717) is 23.8 Å². The molecule has 192 valence electrons. The maximum atomic E-state index is 12.9. The Bertz CT molecular complexity index is 1190. The number of carbonyl (C=O) groups excluding carboxylic acids is 2. The molecule has 2 amide bonds. The van der Waals surface area contributed by atoms with Crippen molar-refractivity contribution < 1.29 is 24.2 Å². The van der Waals surface area contributed by atoms with Crippen LogP contribution in [0.2, 0.25) is 0 Å². The highest BCUT2D eigenvalue weighted by Crippen LogP contribution is 2.20. The standard InChI is InChI=1S/C26H26N4O7/c1-17(2)15-16-37-23-13-7-18(8-14-23)24(27-25(31)19-3-9-21(10-4-19)29(33)34)28-26(32)20-5-11-22(12-6-20)30(35)36/h3-14,17,24H,15-16H2,1-2H3,(H,27,31)(H,28,32). The van der Waals surface area contributed by atoms with Crippen LogP contribution in [0.4, 0.5) is 11.4 Å². The van der Waals surface area contributed by atoms with Crippen molar-refractivity contribution >= 4 is 23.2 Å². The van der Waals surface area contributed by atoms with Gasteiger partial charge in [0.15, 0.2) is 0 Å². The lowest BCUT2D eigenvalue weighted by Crippen LogP contribution is -2.41. The van der Waals surface area contributed by atoms with Crippen LogP contribution in [0, 0.1) is 26.1 Å². The number of nitro groups is 2. The second-order valence-electron chi connectivity index (χ2n) is 8.59. The van der Waals surface area contributed by atoms with E-state index in [1.165, 1.54) is 48.5 Å². The SMILES string of the molecule is CC(C)CCOc1ccc(C(NC(=O)c2ccc([N+](=O)[O-])cc2)NC(=O)c2ccc([N+](=O)[O-])cc2)cc1. The van der Waals surface area contributed by atoms with E-state index in [9.17, 15) is 29.8 Å². The average molecular weight is 507 g/mol. The monoisotopic (exact) mass is 506 g/mol. The first-order valence-corrected chi connectivity index (χ1v) is 11.5. The molecule has 0 spiro atoms. The molecule has 0 saturated carbocycles. The highest BCUT2D eigenvalue weighted by Gasteiger charge is 2.20. The normalized spacial score (nSPS) is 10.7. The van der Waals surface area contributed by atoms with E-state index in [1.807, 2.05) is 0 Å². The molecule has 3 aromatic rings. The van der Waals surface area contributed by atoms with Crippen LogP contribution in [0.25, 0.3) is 0 Å². The molecule has 0 aliphatic rings. The molecule has 0 aromatic heterocycles. The minimum atomic E-state index is -0.977. The van der Waals surface area contributed by atoms with Gasteiger partial charge in [0.05, 0.1) is 16.5 Å². The number of nitro benzene ring substituents is 2. The number of nitrogens with zero attached hydrogens (tertiary/aromatic N) is 2. The van der Waals surface area contributed by atoms with E-state index in [-0.39, 0.29) is 22.5 Å². The van der Waals surface area contributed by atoms with Gasteiger partial charge in [-0.15, -0.1) is 0 Å². The third-order valence-corrected chi connectivity index (χ3v) is 5.41. The van der Waals surface area contributed by atoms with Crippen molar-refractivity contribution in [2.75, 3.05) is 6.61 Å². The second kappa shape index (κ2) is 12.2. The molecule has 37 heavy (non-hydrogen) atoms. The lowest BCUT2D eigenvalue weighted by atomic mass is 10.1. The van der Waals surface area contributed by atoms with Crippen LogP contribution in [-0.2, 0) is 0 Å². The van der Waals surface area contributed by atoms with E-state index >= 15 is 0 Å². The molecule has 0 radical (unpaired) electrons. The van der Waals surface area contributed by atoms with Gasteiger partial charge in [-0.1, -0.05) is 26.0 Å². The number of ether oxygens (including phenoxy) is 1. The van der Waals surface area contributed by atoms with E-state index in [0.717, 1.165) is 6.42 Å². The van der Waals surface area contributed by atoms with Gasteiger partial charge in [-0.05, 0) is 54.3 Å². The molecular weight excluding hydrogens is 480 g/mol. The van der Waals surface area contributed by atoms with Crippen molar-refractivity contribution in [2.24, 2.45) is 5.92 Å². The zero-order valence-electron chi connectivity index (χ0n) is 20.2. The van der Waals surface area contributed by atoms with Crippen molar-refractivity contribution in [3.05, 3.63) is 110 Å². The molecule has 0 fully saturated rings. The number of hydrogen-bond acceptors (Lipinski definition) is 7. The van der Waals surface area contributed by atoms with Crippen LogP contribution in [0.1, 0.15) is 52.7 Å². The van der Waals surface area contributed by atoms with E-state index in [1.54, 1.807) is 24.3 Å². The Hall–Kier alpha value is -4.80. The molecule has 11 heteroatoms. The van der Waals surface area contributed by atoms with Gasteiger partial charge in [0.1, 0.15) is 11.9 Å². The van der Waals surface area contributed by atoms with Crippen molar-refractivity contribution in [2.45, 2.75) is 26.4 Å². The lowest BCUT2D eigenvalue weighted by molar-refractivity contribution is -0.385. The molecule has 0 heterocycles. The quantitative estimate of drug-likeness (QED) is 0.215. The summed E-state index contributed by atoms with van der Waals surface area (Å²) in [5.74, 6) is -0.0122. The van der Waals surface area contributed by atoms with Gasteiger partial charge in [-0.3, -0.25) is 29.8 Å². The molecule has 0 unspecified atom stereocenters. The zero-order valence-corrected chi connectivity index (χ0v) is 20.2. The fraction of sp³-hybridized carbons (Fsp3) is 0.231. The molecular formula is C26H26N4O7. The number of nitrogens with one attached hydrogen (secondary N) is 2. The third-order valence-electron chi connectivity index (χ3n) is 5.41. The molecule has 0 aliphatic heterocycles. The highest BCUT2D eigenvalue weighted by atomic mass is 16.6. The molecule has 3 aromatic carbocycles. The zero-order chi connectivity index (χ0) is 26.9. The maximum Gasteiger partial charge on any atom is 0.269 e. The third kappa shape index (κ3) is 7.59. The fourth-order valence-corrected chi connectivity index (χ4v) is 3.27. The second-order valence-corrected chi connectivity index (χ2v) is 8.59. The Morgan fingerprint density at radius 3 is 1.57 bits per heavy atom. The Balaban J connectivity index is 1.80. The summed E-state index contributed by atoms with van der Waals surface area (Å²) in [4.78, 5) is 46.4. The van der Waals surface area contributed by atoms with E-state index in [2.05, 4.69) is 24.5 Å². The molecule has 0 aliphatic carbocycles. The first-order chi connectivity index (χ1) is 17.6. The van der Waals surface area contributed by atoms with Crippen LogP contribution in [-0.4, -0.2) is 28.3 Å². The number of non-ortho nitro benzene ring substituents is 2. The molecule has 0 bridgehead atoms. The van der Waals surface area contributed by atoms with Crippen LogP contribution in [0.5, 0.6) is 5.75 Å². The Labute approximate surface area is 212 Å². The van der Waals surface area contributed by atoms with Gasteiger partial charge in [-0.2, -0.15) is 0 Å². The van der Waals surface area contributed by atoms with Gasteiger partial charge in [0.2, 0.25) is 0 Å². The minimum Gasteiger partial charge on any atom is -0.494 e. The largest absolute Gasteiger partial charge is 0.494 e. The summed E-state index contributed by atoms with van der Waals surface area (Å²) < 4.78 is 5.73. The first kappa shape index (κ1) is 26.8. The summed E-state index contributed by atoms with van der Waals surface area (Å²) in [7, 11) is 0. The summed E-state index contributed by atoms with van der Waals surface area (Å²) in [5, 5.41) is 27.2. The minimum absolute atomic E-state index is 0.160. The van der Waals surface area contributed by atoms with Crippen molar-refractivity contribution in [3.8, 4) is 5.75 Å². The average Bonchev–Trinajstić information content (AvgIpc) is 2.88. The van der Waals surface area contributed by atoms with Gasteiger partial charge < -0.3 is 15.4 Å². The lowest BCUT2D eigenvalue weighted by Gasteiger charge is -2.21. The molecule has 0 atom stereocenters. The summed E-state index contributed by atoms with van der Waals surface area (Å²) >= 11 is 0. The van der Waals surface area contributed by atoms with Gasteiger partial charge >= 0.3 is 0 Å². The molecule has 11 nitrogen and oxygen atoms in total. The van der Waals surface area contributed by atoms with Gasteiger partial charge in [0, 0.05) is 35.4 Å². The van der Waals surface area contributed by atoms with E-state index < -0.39 is 27.8 Å². The Morgan fingerprint density at radius 1 is 0.757 bits per heavy atom. The first-order valence-electron chi connectivity index (χ1n) is 11.5. The summed E-state index contributed by atoms with van der Waals surface area (Å²) in [6.07, 6.45) is -0.0869. The maximum absolute atomic E-state index is 12.9. The highest BCUT2D eigenvalue weighted by molar-refractivity contribution is 5.97. The molecule has 3 rings (SSSR count). The number of rotatable bonds is 11. The molecule has 2 N–H and O–H groups in total. The fourth-order valence-electron chi connectivity index (χ4n) is 3.27. The predicted molar refractivity (Wildman–Crippen MR) is 135 cm³/mol. The van der Waals surface area contributed by atoms with Crippen LogP contribution < -0.4 is 15.4 Å². The topological polar surface area (TPSA) is 154 Å². The number of hydrogen-bond donors (Lipinski definition) is 2. The number of carbonyl (C=O) groups is 2. The Kier molecular flexibility index (Phi) is 8.87. The smallest absolute Gasteiger partial charge is 0.269 e. The molecule has 0 saturated heterocycles. The van der Waals surface area contributed by atoms with Crippen molar-refractivity contribution in [1.29, 1.82) is 0 Å². The van der Waals surface area contributed by atoms with Gasteiger partial charge in [-0.25, -0.2) is 0 Å². The predicted octanol–water partition coefficient (Wildman–Crippen LogP) is 4.79. The van der Waals surface area contributed by atoms with Crippen molar-refractivity contribution in [3.63, 3.8) is 0 Å². The van der Waals surface area contributed by atoms with Crippen LogP contribution in [0.3, 0.4) is 0 Å².